The van der Waals surface area contributed by atoms with E-state index in [1.807, 2.05) is 0 Å². The zero-order chi connectivity index (χ0) is 14.0. The molecule has 104 valence electrons. The van der Waals surface area contributed by atoms with Gasteiger partial charge in [0, 0.05) is 12.2 Å². The van der Waals surface area contributed by atoms with Gasteiger partial charge in [0.1, 0.15) is 15.7 Å². The molecule has 2 unspecified atom stereocenters. The molecule has 1 aliphatic rings. The van der Waals surface area contributed by atoms with Gasteiger partial charge in [-0.1, -0.05) is 18.6 Å². The lowest BCUT2D eigenvalue weighted by atomic mass is 9.83. The van der Waals surface area contributed by atoms with E-state index in [-0.39, 0.29) is 17.3 Å². The minimum absolute atomic E-state index is 0.0710. The standard InChI is InChI=1S/C14H17FO3S/c1-19(17,18)11-6-4-5-10(9-11)14(16)12-7-2-3-8-13(12)15/h2-3,7-8,10-11H,4-6,9H2,1H3. The number of halogens is 1. The summed E-state index contributed by atoms with van der Waals surface area (Å²) in [4.78, 5) is 12.3. The SMILES string of the molecule is CS(=O)(=O)C1CCCC(C(=O)c2ccccc2F)C1. The van der Waals surface area contributed by atoms with Crippen LogP contribution in [0.4, 0.5) is 4.39 Å². The van der Waals surface area contributed by atoms with Gasteiger partial charge in [0.25, 0.3) is 0 Å². The van der Waals surface area contributed by atoms with Crippen LogP contribution in [0.25, 0.3) is 0 Å². The highest BCUT2D eigenvalue weighted by atomic mass is 32.2. The molecular weight excluding hydrogens is 267 g/mol. The molecule has 1 saturated carbocycles. The predicted octanol–water partition coefficient (Wildman–Crippen LogP) is 2.61. The molecule has 0 saturated heterocycles. The maximum Gasteiger partial charge on any atom is 0.168 e. The number of Topliss-reactive ketones (excluding diaryl/α,β-unsaturated/α-hetero) is 1. The molecule has 0 aromatic heterocycles. The van der Waals surface area contributed by atoms with Crippen LogP contribution < -0.4 is 0 Å². The van der Waals surface area contributed by atoms with E-state index in [1.54, 1.807) is 6.07 Å². The smallest absolute Gasteiger partial charge is 0.168 e. The van der Waals surface area contributed by atoms with Gasteiger partial charge >= 0.3 is 0 Å². The zero-order valence-electron chi connectivity index (χ0n) is 10.8. The average Bonchev–Trinajstić information content (AvgIpc) is 2.38. The molecule has 1 fully saturated rings. The molecule has 2 rings (SSSR count). The Morgan fingerprint density at radius 2 is 1.95 bits per heavy atom. The third-order valence-corrected chi connectivity index (χ3v) is 5.38. The van der Waals surface area contributed by atoms with Crippen molar-refractivity contribution in [2.24, 2.45) is 5.92 Å². The first-order valence-corrected chi connectivity index (χ1v) is 8.32. The number of hydrogen-bond acceptors (Lipinski definition) is 3. The number of hydrogen-bond donors (Lipinski definition) is 0. The van der Waals surface area contributed by atoms with Gasteiger partial charge in [-0.15, -0.1) is 0 Å². The molecule has 0 heterocycles. The minimum Gasteiger partial charge on any atom is -0.294 e. The quantitative estimate of drug-likeness (QED) is 0.802. The molecule has 0 bridgehead atoms. The molecule has 0 spiro atoms. The number of benzene rings is 1. The summed E-state index contributed by atoms with van der Waals surface area (Å²) in [5.41, 5.74) is 0.0710. The molecule has 1 aromatic carbocycles. The number of carbonyl (C=O) groups excluding carboxylic acids is 1. The van der Waals surface area contributed by atoms with Crippen molar-refractivity contribution in [3.05, 3.63) is 35.6 Å². The van der Waals surface area contributed by atoms with Crippen molar-refractivity contribution in [3.63, 3.8) is 0 Å². The molecule has 1 aliphatic carbocycles. The maximum absolute atomic E-state index is 13.6. The first-order chi connectivity index (χ1) is 8.89. The van der Waals surface area contributed by atoms with Crippen LogP contribution in [-0.4, -0.2) is 25.7 Å². The molecule has 0 N–H and O–H groups in total. The number of rotatable bonds is 3. The monoisotopic (exact) mass is 284 g/mol. The van der Waals surface area contributed by atoms with E-state index in [4.69, 9.17) is 0 Å². The molecule has 2 atom stereocenters. The lowest BCUT2D eigenvalue weighted by Gasteiger charge is -2.27. The summed E-state index contributed by atoms with van der Waals surface area (Å²) in [6, 6.07) is 5.87. The van der Waals surface area contributed by atoms with Crippen molar-refractivity contribution in [2.45, 2.75) is 30.9 Å². The van der Waals surface area contributed by atoms with E-state index in [0.29, 0.717) is 25.7 Å². The second-order valence-corrected chi connectivity index (χ2v) is 7.48. The van der Waals surface area contributed by atoms with Gasteiger partial charge in [0.2, 0.25) is 0 Å². The van der Waals surface area contributed by atoms with Crippen LogP contribution in [0.5, 0.6) is 0 Å². The van der Waals surface area contributed by atoms with Crippen LogP contribution in [0, 0.1) is 11.7 Å². The Balaban J connectivity index is 2.19. The summed E-state index contributed by atoms with van der Waals surface area (Å²) in [6.07, 6.45) is 3.45. The van der Waals surface area contributed by atoms with E-state index < -0.39 is 20.9 Å². The first kappa shape index (κ1) is 14.2. The van der Waals surface area contributed by atoms with E-state index >= 15 is 0 Å². The molecule has 0 aliphatic heterocycles. The van der Waals surface area contributed by atoms with Crippen LogP contribution in [0.3, 0.4) is 0 Å². The molecule has 5 heteroatoms. The largest absolute Gasteiger partial charge is 0.294 e. The lowest BCUT2D eigenvalue weighted by molar-refractivity contribution is 0.0886. The molecular formula is C14H17FO3S. The Bertz CT molecular complexity index is 580. The zero-order valence-corrected chi connectivity index (χ0v) is 11.6. The average molecular weight is 284 g/mol. The molecule has 19 heavy (non-hydrogen) atoms. The van der Waals surface area contributed by atoms with Crippen molar-refractivity contribution in [3.8, 4) is 0 Å². The summed E-state index contributed by atoms with van der Waals surface area (Å²) in [5.74, 6) is -1.19. The van der Waals surface area contributed by atoms with Crippen molar-refractivity contribution in [1.29, 1.82) is 0 Å². The predicted molar refractivity (Wildman–Crippen MR) is 71.3 cm³/mol. The number of sulfone groups is 1. The fraction of sp³-hybridized carbons (Fsp3) is 0.500. The number of ketones is 1. The Morgan fingerprint density at radius 1 is 1.26 bits per heavy atom. The Hall–Kier alpha value is -1.23. The van der Waals surface area contributed by atoms with Crippen LogP contribution in [0.2, 0.25) is 0 Å². The van der Waals surface area contributed by atoms with E-state index in [1.165, 1.54) is 24.5 Å². The Labute approximate surface area is 112 Å². The summed E-state index contributed by atoms with van der Waals surface area (Å²) < 4.78 is 36.7. The third-order valence-electron chi connectivity index (χ3n) is 3.74. The van der Waals surface area contributed by atoms with Gasteiger partial charge in [-0.3, -0.25) is 4.79 Å². The maximum atomic E-state index is 13.6. The Kier molecular flexibility index (Phi) is 4.04. The van der Waals surface area contributed by atoms with Crippen LogP contribution >= 0.6 is 0 Å². The van der Waals surface area contributed by atoms with Gasteiger partial charge in [-0.05, 0) is 31.4 Å². The van der Waals surface area contributed by atoms with Gasteiger partial charge < -0.3 is 0 Å². The van der Waals surface area contributed by atoms with Crippen molar-refractivity contribution in [2.75, 3.05) is 6.26 Å². The molecule has 3 nitrogen and oxygen atoms in total. The van der Waals surface area contributed by atoms with Crippen molar-refractivity contribution in [1.82, 2.24) is 0 Å². The second kappa shape index (κ2) is 5.41. The fourth-order valence-electron chi connectivity index (χ4n) is 2.65. The van der Waals surface area contributed by atoms with E-state index in [0.717, 1.165) is 0 Å². The van der Waals surface area contributed by atoms with Gasteiger partial charge in [-0.25, -0.2) is 12.8 Å². The second-order valence-electron chi connectivity index (χ2n) is 5.16. The molecule has 1 aromatic rings. The van der Waals surface area contributed by atoms with Gasteiger partial charge in [0.05, 0.1) is 10.8 Å². The normalized spacial score (nSPS) is 24.1. The summed E-state index contributed by atoms with van der Waals surface area (Å²) in [6.45, 7) is 0. The van der Waals surface area contributed by atoms with Crippen LogP contribution in [0.15, 0.2) is 24.3 Å². The lowest BCUT2D eigenvalue weighted by Crippen LogP contribution is -2.31. The van der Waals surface area contributed by atoms with Gasteiger partial charge in [0.15, 0.2) is 5.78 Å². The van der Waals surface area contributed by atoms with Crippen molar-refractivity contribution < 1.29 is 17.6 Å². The highest BCUT2D eigenvalue weighted by Gasteiger charge is 2.33. The van der Waals surface area contributed by atoms with Gasteiger partial charge in [-0.2, -0.15) is 0 Å². The summed E-state index contributed by atoms with van der Waals surface area (Å²) in [7, 11) is -3.13. The molecule has 0 amide bonds. The third kappa shape index (κ3) is 3.21. The Morgan fingerprint density at radius 3 is 2.58 bits per heavy atom. The topological polar surface area (TPSA) is 51.2 Å². The first-order valence-electron chi connectivity index (χ1n) is 6.37. The van der Waals surface area contributed by atoms with Crippen LogP contribution in [0.1, 0.15) is 36.0 Å². The minimum atomic E-state index is -3.13. The fourth-order valence-corrected chi connectivity index (χ4v) is 3.83. The summed E-state index contributed by atoms with van der Waals surface area (Å²) in [5, 5.41) is -0.470. The highest BCUT2D eigenvalue weighted by molar-refractivity contribution is 7.91. The molecule has 0 radical (unpaired) electrons. The van der Waals surface area contributed by atoms with E-state index in [9.17, 15) is 17.6 Å². The van der Waals surface area contributed by atoms with E-state index in [2.05, 4.69) is 0 Å². The number of carbonyl (C=O) groups is 1. The van der Waals surface area contributed by atoms with Crippen molar-refractivity contribution >= 4 is 15.6 Å². The van der Waals surface area contributed by atoms with Crippen LogP contribution in [-0.2, 0) is 9.84 Å². The summed E-state index contributed by atoms with van der Waals surface area (Å²) >= 11 is 0. The highest BCUT2D eigenvalue weighted by Crippen LogP contribution is 2.31.